The minimum atomic E-state index is -0.675. The molecule has 0 bridgehead atoms. The maximum absolute atomic E-state index is 12.4. The number of benzene rings is 1. The zero-order valence-electron chi connectivity index (χ0n) is 14.4. The molecule has 0 aromatic heterocycles. The van der Waals surface area contributed by atoms with E-state index in [0.29, 0.717) is 30.2 Å². The number of carbonyl (C=O) groups is 2. The van der Waals surface area contributed by atoms with Crippen LogP contribution in [0.2, 0.25) is 0 Å². The molecule has 1 rings (SSSR count). The van der Waals surface area contributed by atoms with Gasteiger partial charge in [0.25, 0.3) is 5.91 Å². The van der Waals surface area contributed by atoms with Crippen molar-refractivity contribution in [2.75, 3.05) is 27.3 Å². The van der Waals surface area contributed by atoms with Crippen LogP contribution >= 0.6 is 0 Å². The monoisotopic (exact) mass is 332 g/mol. The summed E-state index contributed by atoms with van der Waals surface area (Å²) in [6, 6.07) is 4.14. The third-order valence-corrected chi connectivity index (χ3v) is 3.37. The maximum atomic E-state index is 12.4. The first kappa shape index (κ1) is 19.3. The number of nitrogens with zero attached hydrogens (tertiary/aromatic N) is 1. The molecule has 0 radical (unpaired) electrons. The molecule has 2 amide bonds. The van der Waals surface area contributed by atoms with Gasteiger partial charge in [-0.05, 0) is 25.1 Å². The molecule has 1 atom stereocenters. The van der Waals surface area contributed by atoms with E-state index in [1.54, 1.807) is 42.2 Å². The van der Waals surface area contributed by atoms with Gasteiger partial charge in [-0.15, -0.1) is 13.2 Å². The summed E-state index contributed by atoms with van der Waals surface area (Å²) in [5.41, 5.74) is 0.381. The number of ether oxygens (including phenoxy) is 2. The molecule has 1 unspecified atom stereocenters. The first-order chi connectivity index (χ1) is 11.5. The highest BCUT2D eigenvalue weighted by atomic mass is 16.5. The quantitative estimate of drug-likeness (QED) is 0.703. The lowest BCUT2D eigenvalue weighted by Crippen LogP contribution is -2.47. The molecule has 0 aliphatic heterocycles. The van der Waals surface area contributed by atoms with E-state index in [1.165, 1.54) is 14.2 Å². The zero-order valence-corrected chi connectivity index (χ0v) is 14.4. The minimum absolute atomic E-state index is 0.205. The lowest BCUT2D eigenvalue weighted by molar-refractivity contribution is -0.131. The van der Waals surface area contributed by atoms with Crippen molar-refractivity contribution in [3.63, 3.8) is 0 Å². The van der Waals surface area contributed by atoms with Gasteiger partial charge in [0.15, 0.2) is 11.5 Å². The van der Waals surface area contributed by atoms with Crippen molar-refractivity contribution in [2.24, 2.45) is 0 Å². The molecule has 0 saturated carbocycles. The topological polar surface area (TPSA) is 67.9 Å². The van der Waals surface area contributed by atoms with E-state index in [9.17, 15) is 9.59 Å². The van der Waals surface area contributed by atoms with Crippen LogP contribution < -0.4 is 14.8 Å². The minimum Gasteiger partial charge on any atom is -0.493 e. The van der Waals surface area contributed by atoms with Gasteiger partial charge in [0.2, 0.25) is 5.91 Å². The van der Waals surface area contributed by atoms with E-state index in [-0.39, 0.29) is 11.8 Å². The van der Waals surface area contributed by atoms with Crippen LogP contribution in [0.3, 0.4) is 0 Å². The first-order valence-electron chi connectivity index (χ1n) is 7.51. The number of nitrogens with one attached hydrogen (secondary N) is 1. The van der Waals surface area contributed by atoms with Crippen molar-refractivity contribution in [2.45, 2.75) is 13.0 Å². The van der Waals surface area contributed by atoms with Gasteiger partial charge in [-0.25, -0.2) is 0 Å². The maximum Gasteiger partial charge on any atom is 0.252 e. The van der Waals surface area contributed by atoms with Gasteiger partial charge in [-0.3, -0.25) is 9.59 Å². The fourth-order valence-electron chi connectivity index (χ4n) is 2.16. The highest BCUT2D eigenvalue weighted by molar-refractivity contribution is 5.98. The molecular weight excluding hydrogens is 308 g/mol. The normalized spacial score (nSPS) is 11.1. The van der Waals surface area contributed by atoms with Crippen molar-refractivity contribution in [1.82, 2.24) is 10.2 Å². The standard InChI is InChI=1S/C18H24N2O4/c1-6-10-20(11-7-2)18(22)13(3)19-17(21)14-8-9-15(23-4)16(12-14)24-5/h6-9,12-13H,1-2,10-11H2,3-5H3,(H,19,21). The Morgan fingerprint density at radius 3 is 2.25 bits per heavy atom. The second-order valence-corrected chi connectivity index (χ2v) is 5.09. The second-order valence-electron chi connectivity index (χ2n) is 5.09. The molecule has 0 aliphatic rings. The number of hydrogen-bond acceptors (Lipinski definition) is 4. The fourth-order valence-corrected chi connectivity index (χ4v) is 2.16. The molecule has 0 aliphatic carbocycles. The molecule has 6 heteroatoms. The molecule has 0 fully saturated rings. The molecule has 0 heterocycles. The molecule has 1 aromatic rings. The van der Waals surface area contributed by atoms with Gasteiger partial charge in [0, 0.05) is 18.7 Å². The van der Waals surface area contributed by atoms with E-state index in [4.69, 9.17) is 9.47 Å². The van der Waals surface area contributed by atoms with Gasteiger partial charge < -0.3 is 19.7 Å². The summed E-state index contributed by atoms with van der Waals surface area (Å²) in [5, 5.41) is 2.69. The Hall–Kier alpha value is -2.76. The summed E-state index contributed by atoms with van der Waals surface area (Å²) in [5.74, 6) is 0.406. The Morgan fingerprint density at radius 2 is 1.75 bits per heavy atom. The molecule has 1 N–H and O–H groups in total. The van der Waals surface area contributed by atoms with Crippen molar-refractivity contribution in [3.8, 4) is 11.5 Å². The SMILES string of the molecule is C=CCN(CC=C)C(=O)C(C)NC(=O)c1ccc(OC)c(OC)c1. The Labute approximate surface area is 142 Å². The summed E-state index contributed by atoms with van der Waals surface area (Å²) in [6.07, 6.45) is 3.26. The van der Waals surface area contributed by atoms with Crippen molar-refractivity contribution >= 4 is 11.8 Å². The lowest BCUT2D eigenvalue weighted by atomic mass is 10.1. The van der Waals surface area contributed by atoms with Crippen LogP contribution in [-0.4, -0.2) is 50.1 Å². The third kappa shape index (κ3) is 4.87. The number of rotatable bonds is 9. The van der Waals surface area contributed by atoms with Crippen LogP contribution in [0.1, 0.15) is 17.3 Å². The predicted molar refractivity (Wildman–Crippen MR) is 93.4 cm³/mol. The third-order valence-electron chi connectivity index (χ3n) is 3.37. The Bertz CT molecular complexity index is 603. The van der Waals surface area contributed by atoms with E-state index in [2.05, 4.69) is 18.5 Å². The number of carbonyl (C=O) groups excluding carboxylic acids is 2. The van der Waals surface area contributed by atoms with Crippen LogP contribution in [0, 0.1) is 0 Å². The first-order valence-corrected chi connectivity index (χ1v) is 7.51. The Balaban J connectivity index is 2.84. The zero-order chi connectivity index (χ0) is 18.1. The van der Waals surface area contributed by atoms with Gasteiger partial charge in [-0.2, -0.15) is 0 Å². The predicted octanol–water partition coefficient (Wildman–Crippen LogP) is 2.02. The van der Waals surface area contributed by atoms with E-state index in [0.717, 1.165) is 0 Å². The highest BCUT2D eigenvalue weighted by Gasteiger charge is 2.21. The van der Waals surface area contributed by atoms with Crippen LogP contribution in [0.25, 0.3) is 0 Å². The number of methoxy groups -OCH3 is 2. The molecule has 0 saturated heterocycles. The summed E-state index contributed by atoms with van der Waals surface area (Å²) >= 11 is 0. The Kier molecular flexibility index (Phi) is 7.55. The van der Waals surface area contributed by atoms with Gasteiger partial charge >= 0.3 is 0 Å². The number of amides is 2. The highest BCUT2D eigenvalue weighted by Crippen LogP contribution is 2.27. The molecule has 24 heavy (non-hydrogen) atoms. The largest absolute Gasteiger partial charge is 0.493 e. The summed E-state index contributed by atoms with van der Waals surface area (Å²) in [4.78, 5) is 26.3. The smallest absolute Gasteiger partial charge is 0.252 e. The van der Waals surface area contributed by atoms with Crippen LogP contribution in [0.4, 0.5) is 0 Å². The summed E-state index contributed by atoms with van der Waals surface area (Å²) in [7, 11) is 3.01. The van der Waals surface area contributed by atoms with Crippen LogP contribution in [0.15, 0.2) is 43.5 Å². The molecule has 1 aromatic carbocycles. The summed E-state index contributed by atoms with van der Waals surface area (Å²) < 4.78 is 10.3. The van der Waals surface area contributed by atoms with Gasteiger partial charge in [-0.1, -0.05) is 12.2 Å². The lowest BCUT2D eigenvalue weighted by Gasteiger charge is -2.24. The molecular formula is C18H24N2O4. The van der Waals surface area contributed by atoms with Gasteiger partial charge in [0.05, 0.1) is 14.2 Å². The van der Waals surface area contributed by atoms with Crippen LogP contribution in [-0.2, 0) is 4.79 Å². The average Bonchev–Trinajstić information content (AvgIpc) is 2.60. The molecule has 130 valence electrons. The number of hydrogen-bond donors (Lipinski definition) is 1. The average molecular weight is 332 g/mol. The summed E-state index contributed by atoms with van der Waals surface area (Å²) in [6.45, 7) is 9.67. The van der Waals surface area contributed by atoms with Crippen molar-refractivity contribution < 1.29 is 19.1 Å². The van der Waals surface area contributed by atoms with Gasteiger partial charge in [0.1, 0.15) is 6.04 Å². The second kappa shape index (κ2) is 9.39. The molecule has 0 spiro atoms. The molecule has 6 nitrogen and oxygen atoms in total. The van der Waals surface area contributed by atoms with Crippen molar-refractivity contribution in [3.05, 3.63) is 49.1 Å². The van der Waals surface area contributed by atoms with Crippen LogP contribution in [0.5, 0.6) is 11.5 Å². The van der Waals surface area contributed by atoms with E-state index >= 15 is 0 Å². The fraction of sp³-hybridized carbons (Fsp3) is 0.333. The van der Waals surface area contributed by atoms with E-state index in [1.807, 2.05) is 0 Å². The van der Waals surface area contributed by atoms with Crippen molar-refractivity contribution in [1.29, 1.82) is 0 Å². The van der Waals surface area contributed by atoms with E-state index < -0.39 is 6.04 Å². The Morgan fingerprint density at radius 1 is 1.17 bits per heavy atom.